The Kier molecular flexibility index (Phi) is 6.05. The summed E-state index contributed by atoms with van der Waals surface area (Å²) >= 11 is 6.17. The SMILES string of the molecule is COc1cc(/C=C2\N=C(c3ccc(C)c(Cl)c3)OC2=O)ccc1OCc1ccccc1. The smallest absolute Gasteiger partial charge is 0.363 e. The van der Waals surface area contributed by atoms with E-state index in [1.807, 2.05) is 55.5 Å². The monoisotopic (exact) mass is 433 g/mol. The van der Waals surface area contributed by atoms with Crippen molar-refractivity contribution in [1.29, 1.82) is 0 Å². The van der Waals surface area contributed by atoms with Crippen molar-refractivity contribution in [3.8, 4) is 11.5 Å². The van der Waals surface area contributed by atoms with Gasteiger partial charge in [-0.05, 0) is 54.0 Å². The van der Waals surface area contributed by atoms with E-state index < -0.39 is 5.97 Å². The molecule has 0 aliphatic carbocycles. The molecule has 0 fully saturated rings. The molecule has 0 saturated carbocycles. The molecule has 0 atom stereocenters. The third kappa shape index (κ3) is 4.78. The molecule has 0 aromatic heterocycles. The highest BCUT2D eigenvalue weighted by molar-refractivity contribution is 6.31. The topological polar surface area (TPSA) is 57.1 Å². The Morgan fingerprint density at radius 1 is 1.03 bits per heavy atom. The van der Waals surface area contributed by atoms with Gasteiger partial charge in [-0.2, -0.15) is 0 Å². The molecule has 3 aromatic carbocycles. The fourth-order valence-electron chi connectivity index (χ4n) is 3.04. The van der Waals surface area contributed by atoms with Crippen LogP contribution >= 0.6 is 11.6 Å². The lowest BCUT2D eigenvalue weighted by molar-refractivity contribution is -0.129. The summed E-state index contributed by atoms with van der Waals surface area (Å²) < 4.78 is 16.7. The van der Waals surface area contributed by atoms with Crippen LogP contribution in [0.25, 0.3) is 6.08 Å². The minimum Gasteiger partial charge on any atom is -0.493 e. The summed E-state index contributed by atoms with van der Waals surface area (Å²) in [5.74, 6) is 0.884. The van der Waals surface area contributed by atoms with Crippen LogP contribution in [0.15, 0.2) is 77.4 Å². The first-order valence-electron chi connectivity index (χ1n) is 9.67. The predicted octanol–water partition coefficient (Wildman–Crippen LogP) is 5.58. The lowest BCUT2D eigenvalue weighted by Gasteiger charge is -2.11. The molecule has 4 rings (SSSR count). The molecular weight excluding hydrogens is 414 g/mol. The van der Waals surface area contributed by atoms with Crippen molar-refractivity contribution >= 4 is 29.5 Å². The number of cyclic esters (lactones) is 1. The van der Waals surface area contributed by atoms with Crippen LogP contribution in [0.4, 0.5) is 0 Å². The maximum atomic E-state index is 12.3. The van der Waals surface area contributed by atoms with Gasteiger partial charge in [0.25, 0.3) is 0 Å². The summed E-state index contributed by atoms with van der Waals surface area (Å²) in [6.07, 6.45) is 1.65. The Balaban J connectivity index is 1.55. The van der Waals surface area contributed by atoms with E-state index >= 15 is 0 Å². The van der Waals surface area contributed by atoms with Gasteiger partial charge in [0.2, 0.25) is 5.90 Å². The van der Waals surface area contributed by atoms with Gasteiger partial charge in [-0.3, -0.25) is 0 Å². The molecule has 0 saturated heterocycles. The van der Waals surface area contributed by atoms with E-state index in [0.717, 1.165) is 16.7 Å². The molecule has 0 amide bonds. The van der Waals surface area contributed by atoms with Gasteiger partial charge in [0.1, 0.15) is 6.61 Å². The number of hydrogen-bond acceptors (Lipinski definition) is 5. The van der Waals surface area contributed by atoms with Crippen LogP contribution in [-0.4, -0.2) is 19.0 Å². The predicted molar refractivity (Wildman–Crippen MR) is 121 cm³/mol. The second-order valence-corrected chi connectivity index (χ2v) is 7.39. The van der Waals surface area contributed by atoms with Gasteiger partial charge in [0.05, 0.1) is 7.11 Å². The Hall–Kier alpha value is -3.57. The molecule has 31 heavy (non-hydrogen) atoms. The summed E-state index contributed by atoms with van der Waals surface area (Å²) in [6, 6.07) is 20.7. The zero-order valence-corrected chi connectivity index (χ0v) is 17.8. The third-order valence-electron chi connectivity index (χ3n) is 4.77. The van der Waals surface area contributed by atoms with E-state index in [1.165, 1.54) is 0 Å². The van der Waals surface area contributed by atoms with Crippen LogP contribution in [0.3, 0.4) is 0 Å². The average Bonchev–Trinajstić information content (AvgIpc) is 3.15. The minimum atomic E-state index is -0.518. The standard InChI is InChI=1S/C25H20ClNO4/c1-16-8-10-19(14-20(16)26)24-27-21(25(28)31-24)12-18-9-11-22(23(13-18)29-2)30-15-17-6-4-3-5-7-17/h3-14H,15H2,1-2H3/b21-12-. The highest BCUT2D eigenvalue weighted by atomic mass is 35.5. The largest absolute Gasteiger partial charge is 0.493 e. The van der Waals surface area contributed by atoms with Crippen molar-refractivity contribution in [2.75, 3.05) is 7.11 Å². The molecule has 1 aliphatic heterocycles. The summed E-state index contributed by atoms with van der Waals surface area (Å²) in [7, 11) is 1.57. The number of aliphatic imine (C=N–C) groups is 1. The summed E-state index contributed by atoms with van der Waals surface area (Å²) in [6.45, 7) is 2.33. The van der Waals surface area contributed by atoms with Crippen LogP contribution in [-0.2, 0) is 16.1 Å². The fourth-order valence-corrected chi connectivity index (χ4v) is 3.23. The highest BCUT2D eigenvalue weighted by Gasteiger charge is 2.24. The van der Waals surface area contributed by atoms with Crippen LogP contribution in [0, 0.1) is 6.92 Å². The molecule has 0 spiro atoms. The van der Waals surface area contributed by atoms with Crippen molar-refractivity contribution in [3.63, 3.8) is 0 Å². The number of benzene rings is 3. The van der Waals surface area contributed by atoms with E-state index in [1.54, 1.807) is 31.4 Å². The number of carbonyl (C=O) groups excluding carboxylic acids is 1. The van der Waals surface area contributed by atoms with Gasteiger partial charge in [-0.15, -0.1) is 0 Å². The number of aryl methyl sites for hydroxylation is 1. The summed E-state index contributed by atoms with van der Waals surface area (Å²) in [5, 5.41) is 0.588. The van der Waals surface area contributed by atoms with Crippen LogP contribution in [0.5, 0.6) is 11.5 Å². The van der Waals surface area contributed by atoms with Crippen LogP contribution in [0.2, 0.25) is 5.02 Å². The number of hydrogen-bond donors (Lipinski definition) is 0. The van der Waals surface area contributed by atoms with Crippen molar-refractivity contribution < 1.29 is 19.0 Å². The van der Waals surface area contributed by atoms with Gasteiger partial charge in [0, 0.05) is 10.6 Å². The van der Waals surface area contributed by atoms with E-state index in [2.05, 4.69) is 4.99 Å². The molecule has 0 unspecified atom stereocenters. The van der Waals surface area contributed by atoms with E-state index in [4.69, 9.17) is 25.8 Å². The van der Waals surface area contributed by atoms with Crippen LogP contribution < -0.4 is 9.47 Å². The maximum absolute atomic E-state index is 12.3. The van der Waals surface area contributed by atoms with Crippen molar-refractivity contribution in [3.05, 3.63) is 99.7 Å². The molecular formula is C25H20ClNO4. The Bertz CT molecular complexity index is 1190. The molecule has 5 nitrogen and oxygen atoms in total. The lowest BCUT2D eigenvalue weighted by Crippen LogP contribution is -2.05. The zero-order valence-electron chi connectivity index (χ0n) is 17.1. The van der Waals surface area contributed by atoms with Crippen molar-refractivity contribution in [2.24, 2.45) is 4.99 Å². The molecule has 1 heterocycles. The molecule has 0 bridgehead atoms. The molecule has 6 heteroatoms. The number of ether oxygens (including phenoxy) is 3. The van der Waals surface area contributed by atoms with Gasteiger partial charge in [-0.1, -0.05) is 54.1 Å². The Morgan fingerprint density at radius 3 is 2.58 bits per heavy atom. The van der Waals surface area contributed by atoms with Crippen LogP contribution in [0.1, 0.15) is 22.3 Å². The van der Waals surface area contributed by atoms with Gasteiger partial charge in [-0.25, -0.2) is 9.79 Å². The first-order valence-corrected chi connectivity index (χ1v) is 10.0. The second-order valence-electron chi connectivity index (χ2n) is 6.98. The quantitative estimate of drug-likeness (QED) is 0.376. The molecule has 0 radical (unpaired) electrons. The van der Waals surface area contributed by atoms with Gasteiger partial charge < -0.3 is 14.2 Å². The van der Waals surface area contributed by atoms with E-state index in [9.17, 15) is 4.79 Å². The highest BCUT2D eigenvalue weighted by Crippen LogP contribution is 2.30. The number of nitrogens with zero attached hydrogens (tertiary/aromatic N) is 1. The second kappa shape index (κ2) is 9.06. The Morgan fingerprint density at radius 2 is 1.84 bits per heavy atom. The number of halogens is 1. The summed E-state index contributed by atoms with van der Waals surface area (Å²) in [5.41, 5.74) is 3.58. The minimum absolute atomic E-state index is 0.201. The van der Waals surface area contributed by atoms with E-state index in [0.29, 0.717) is 28.7 Å². The normalized spacial score (nSPS) is 14.4. The van der Waals surface area contributed by atoms with Gasteiger partial charge in [0.15, 0.2) is 17.2 Å². The van der Waals surface area contributed by atoms with Gasteiger partial charge >= 0.3 is 5.97 Å². The first kappa shape index (κ1) is 20.7. The number of esters is 1. The molecule has 0 N–H and O–H groups in total. The molecule has 156 valence electrons. The maximum Gasteiger partial charge on any atom is 0.363 e. The average molecular weight is 434 g/mol. The fraction of sp³-hybridized carbons (Fsp3) is 0.120. The third-order valence-corrected chi connectivity index (χ3v) is 5.17. The zero-order chi connectivity index (χ0) is 21.8. The number of carbonyl (C=O) groups is 1. The van der Waals surface area contributed by atoms with Crippen molar-refractivity contribution in [2.45, 2.75) is 13.5 Å². The van der Waals surface area contributed by atoms with Crippen molar-refractivity contribution in [1.82, 2.24) is 0 Å². The first-order chi connectivity index (χ1) is 15.0. The number of rotatable bonds is 6. The van der Waals surface area contributed by atoms with E-state index in [-0.39, 0.29) is 11.6 Å². The summed E-state index contributed by atoms with van der Waals surface area (Å²) in [4.78, 5) is 16.6. The Labute approximate surface area is 185 Å². The lowest BCUT2D eigenvalue weighted by atomic mass is 10.1. The molecule has 1 aliphatic rings. The number of methoxy groups -OCH3 is 1. The molecule has 3 aromatic rings.